The Bertz CT molecular complexity index is 2500. The number of phenols is 2. The number of aromatic amines is 1. The summed E-state index contributed by atoms with van der Waals surface area (Å²) in [7, 11) is 0. The van der Waals surface area contributed by atoms with Crippen LogP contribution in [0.5, 0.6) is 11.5 Å². The maximum Gasteiger partial charge on any atom is 0.309 e. The molecule has 0 saturated heterocycles. The van der Waals surface area contributed by atoms with Gasteiger partial charge in [0.25, 0.3) is 0 Å². The number of nitrogens with one attached hydrogen (secondary N) is 2. The number of dihydropyridines is 1. The van der Waals surface area contributed by atoms with Crippen molar-refractivity contribution in [2.75, 3.05) is 6.54 Å². The molecule has 0 amide bonds. The van der Waals surface area contributed by atoms with Crippen molar-refractivity contribution < 1.29 is 35.4 Å². The first kappa shape index (κ1) is 49.7. The van der Waals surface area contributed by atoms with Gasteiger partial charge in [0.15, 0.2) is 0 Å². The summed E-state index contributed by atoms with van der Waals surface area (Å²) >= 11 is 0. The summed E-state index contributed by atoms with van der Waals surface area (Å²) in [6, 6.07) is 25.4. The minimum Gasteiger partial charge on any atom is -0.508 e. The zero-order valence-corrected chi connectivity index (χ0v) is 41.1. The number of hydrogen-bond acceptors (Lipinski definition) is 8. The minimum absolute atomic E-state index is 0.000351. The van der Waals surface area contributed by atoms with E-state index in [1.807, 2.05) is 54.6 Å². The van der Waals surface area contributed by atoms with Crippen molar-refractivity contribution in [1.29, 1.82) is 0 Å². The second-order valence-electron chi connectivity index (χ2n) is 21.9. The highest BCUT2D eigenvalue weighted by atomic mass is 16.4. The molecule has 10 nitrogen and oxygen atoms in total. The molecule has 10 heteroatoms. The van der Waals surface area contributed by atoms with Gasteiger partial charge in [0.05, 0.1) is 35.2 Å². The number of unbranched alkanes of at least 4 members (excludes halogenated alkanes) is 3. The molecule has 1 aromatic heterocycles. The summed E-state index contributed by atoms with van der Waals surface area (Å²) in [4.78, 5) is 17.5. The number of benzene rings is 3. The Labute approximate surface area is 414 Å². The SMILES string of the molecule is CCCCC[C@H]1C=C[C@@H](CCCC[C@H]2CC[C@@H](c3cc(-c4ccccc4)c(-c4cc(O)cc(O)c4Cc4ccccc4)[nH]3)[C@@H]3C[C@H](CC4=CCNC(N)=C4)[C@H]4CC[C@H](C[C@]43O)[C@H](O)[C@@H]2C(=O)O)[C@H](O)C1. The van der Waals surface area contributed by atoms with Gasteiger partial charge in [-0.25, -0.2) is 0 Å². The number of carboxylic acid groups (broad SMARTS) is 1. The predicted molar refractivity (Wildman–Crippen MR) is 277 cm³/mol. The van der Waals surface area contributed by atoms with Crippen LogP contribution in [-0.2, 0) is 11.2 Å². The summed E-state index contributed by atoms with van der Waals surface area (Å²) in [5.74, 6) is -1.84. The van der Waals surface area contributed by atoms with Crippen molar-refractivity contribution in [1.82, 2.24) is 10.3 Å². The van der Waals surface area contributed by atoms with Gasteiger partial charge in [-0.1, -0.05) is 118 Å². The number of carbonyl (C=O) groups is 1. The van der Waals surface area contributed by atoms with Crippen molar-refractivity contribution in [3.8, 4) is 33.9 Å². The van der Waals surface area contributed by atoms with Crippen LogP contribution in [0.15, 0.2) is 115 Å². The van der Waals surface area contributed by atoms with Crippen LogP contribution in [0.1, 0.15) is 132 Å². The molecule has 1 aliphatic heterocycles. The second-order valence-corrected chi connectivity index (χ2v) is 21.9. The highest BCUT2D eigenvalue weighted by Crippen LogP contribution is 2.61. The van der Waals surface area contributed by atoms with Crippen LogP contribution in [0.3, 0.4) is 0 Å². The standard InChI is InChI=1S/C60H77N3O7/c1-2-3-6-13-38-20-21-41(53(65)30-38)18-11-12-19-42-22-24-46(51-32-44(28-39-26-27-62-55(61)31-39)50-25-23-43(36-60(50,51)70)58(67)56(42)59(68)69)52-35-47(40-16-9-5-10-17-40)57(63-52)49-33-45(64)34-54(66)48(49)29-37-14-7-4-8-15-37/h4-5,7-10,14-17,20-21,26,31,33-35,38,41-44,46,50-51,53,56,58,62-67,70H,2-3,6,11-13,18-19,22-25,27-30,32,36,61H2,1H3,(H,68,69)/t38-,41+,42-,43+,44-,46+,50+,51-,53+,56+,58-,60-/m0/s1. The fourth-order valence-electron chi connectivity index (χ4n) is 14.1. The fraction of sp³-hybridized carbons (Fsp3) is 0.517. The number of fused-ring (bicyclic) bond motifs is 1. The molecule has 70 heavy (non-hydrogen) atoms. The first-order valence-electron chi connectivity index (χ1n) is 26.7. The number of rotatable bonds is 17. The molecule has 0 radical (unpaired) electrons. The van der Waals surface area contributed by atoms with Crippen molar-refractivity contribution in [2.24, 2.45) is 53.1 Å². The summed E-state index contributed by atoms with van der Waals surface area (Å²) in [5.41, 5.74) is 12.2. The largest absolute Gasteiger partial charge is 0.508 e. The number of H-pyrrole nitrogens is 1. The molecule has 3 saturated carbocycles. The zero-order chi connectivity index (χ0) is 48.9. The maximum absolute atomic E-state index is 13.6. The highest BCUT2D eigenvalue weighted by Gasteiger charge is 2.60. The number of phenolic OH excluding ortho intramolecular Hbond substituents is 2. The Kier molecular flexibility index (Phi) is 15.6. The number of hydrogen-bond donors (Lipinski definition) is 9. The molecule has 9 rings (SSSR count). The first-order valence-corrected chi connectivity index (χ1v) is 26.7. The number of aromatic hydroxyl groups is 2. The Balaban J connectivity index is 1.09. The lowest BCUT2D eigenvalue weighted by Crippen LogP contribution is -2.52. The van der Waals surface area contributed by atoms with E-state index in [0.717, 1.165) is 78.6 Å². The van der Waals surface area contributed by atoms with E-state index in [-0.39, 0.29) is 59.0 Å². The topological polar surface area (TPSA) is 192 Å². The van der Waals surface area contributed by atoms with Crippen LogP contribution >= 0.6 is 0 Å². The molecule has 5 aliphatic rings. The second kappa shape index (κ2) is 22.0. The van der Waals surface area contributed by atoms with E-state index >= 15 is 0 Å². The van der Waals surface area contributed by atoms with E-state index in [0.29, 0.717) is 74.4 Å². The van der Waals surface area contributed by atoms with Crippen molar-refractivity contribution in [3.05, 3.63) is 131 Å². The van der Waals surface area contributed by atoms with Gasteiger partial charge in [0, 0.05) is 53.3 Å². The summed E-state index contributed by atoms with van der Waals surface area (Å²) < 4.78 is 0. The van der Waals surface area contributed by atoms with E-state index < -0.39 is 23.6 Å². The average molecular weight is 952 g/mol. The summed E-state index contributed by atoms with van der Waals surface area (Å²) in [6.07, 6.45) is 20.7. The number of aliphatic hydroxyl groups excluding tert-OH is 2. The fourth-order valence-corrected chi connectivity index (χ4v) is 14.1. The van der Waals surface area contributed by atoms with E-state index in [1.165, 1.54) is 25.3 Å². The van der Waals surface area contributed by atoms with E-state index in [4.69, 9.17) is 5.73 Å². The van der Waals surface area contributed by atoms with Crippen LogP contribution in [0.25, 0.3) is 22.4 Å². The minimum atomic E-state index is -1.17. The molecule has 0 spiro atoms. The van der Waals surface area contributed by atoms with Crippen LogP contribution in [0.2, 0.25) is 0 Å². The third-order valence-electron chi connectivity index (χ3n) is 17.6. The van der Waals surface area contributed by atoms with Gasteiger partial charge in [-0.3, -0.25) is 4.79 Å². The third-order valence-corrected chi connectivity index (χ3v) is 17.6. The molecule has 12 atom stereocenters. The molecule has 2 heterocycles. The van der Waals surface area contributed by atoms with Crippen molar-refractivity contribution in [2.45, 2.75) is 140 Å². The van der Waals surface area contributed by atoms with Crippen LogP contribution in [0.4, 0.5) is 0 Å². The Morgan fingerprint density at radius 1 is 0.814 bits per heavy atom. The lowest BCUT2D eigenvalue weighted by molar-refractivity contribution is -0.158. The molecular formula is C60H77N3O7. The third kappa shape index (κ3) is 10.8. The lowest BCUT2D eigenvalue weighted by atomic mass is 9.60. The van der Waals surface area contributed by atoms with Gasteiger partial charge in [0.1, 0.15) is 11.5 Å². The van der Waals surface area contributed by atoms with Crippen LogP contribution < -0.4 is 11.1 Å². The number of aliphatic carboxylic acids is 1. The predicted octanol–water partition coefficient (Wildman–Crippen LogP) is 11.1. The Morgan fingerprint density at radius 2 is 1.57 bits per heavy atom. The molecule has 10 N–H and O–H groups in total. The molecule has 374 valence electrons. The number of aromatic nitrogens is 1. The smallest absolute Gasteiger partial charge is 0.309 e. The molecule has 4 aromatic rings. The van der Waals surface area contributed by atoms with Gasteiger partial charge >= 0.3 is 5.97 Å². The molecule has 4 aliphatic carbocycles. The van der Waals surface area contributed by atoms with E-state index in [1.54, 1.807) is 6.07 Å². The maximum atomic E-state index is 13.6. The Hall–Kier alpha value is -5.29. The lowest BCUT2D eigenvalue weighted by Gasteiger charge is -2.49. The summed E-state index contributed by atoms with van der Waals surface area (Å²) in [6.45, 7) is 2.87. The van der Waals surface area contributed by atoms with Crippen molar-refractivity contribution in [3.63, 3.8) is 0 Å². The molecule has 2 bridgehead atoms. The molecule has 3 aromatic carbocycles. The summed E-state index contributed by atoms with van der Waals surface area (Å²) in [5, 5.41) is 74.1. The van der Waals surface area contributed by atoms with Gasteiger partial charge in [-0.2, -0.15) is 0 Å². The zero-order valence-electron chi connectivity index (χ0n) is 41.1. The number of aliphatic hydroxyl groups is 3. The van der Waals surface area contributed by atoms with Crippen molar-refractivity contribution >= 4 is 5.97 Å². The first-order chi connectivity index (χ1) is 33.9. The van der Waals surface area contributed by atoms with E-state index in [9.17, 15) is 35.4 Å². The molecule has 0 unspecified atom stereocenters. The highest BCUT2D eigenvalue weighted by molar-refractivity contribution is 5.85. The average Bonchev–Trinajstić information content (AvgIpc) is 3.91. The number of allylic oxidation sites excluding steroid dienone is 3. The molecular weight excluding hydrogens is 875 g/mol. The van der Waals surface area contributed by atoms with E-state index in [2.05, 4.69) is 53.7 Å². The van der Waals surface area contributed by atoms with Crippen LogP contribution in [0, 0.1) is 47.3 Å². The van der Waals surface area contributed by atoms with Gasteiger partial charge in [0.2, 0.25) is 0 Å². The number of nitrogens with two attached hydrogens (primary N) is 1. The Morgan fingerprint density at radius 3 is 2.31 bits per heavy atom. The van der Waals surface area contributed by atoms with Gasteiger partial charge in [-0.15, -0.1) is 0 Å². The van der Waals surface area contributed by atoms with Gasteiger partial charge < -0.3 is 46.7 Å². The molecule has 3 fully saturated rings. The quantitative estimate of drug-likeness (QED) is 0.0366. The van der Waals surface area contributed by atoms with Gasteiger partial charge in [-0.05, 0) is 141 Å². The monoisotopic (exact) mass is 952 g/mol. The number of carboxylic acids is 1. The normalized spacial score (nSPS) is 30.8. The van der Waals surface area contributed by atoms with Crippen LogP contribution in [-0.4, -0.2) is 65.9 Å².